The van der Waals surface area contributed by atoms with Crippen molar-refractivity contribution < 1.29 is 9.21 Å². The Morgan fingerprint density at radius 3 is 2.58 bits per heavy atom. The average molecular weight is 366 g/mol. The first kappa shape index (κ1) is 17.3. The molecule has 128 valence electrons. The SMILES string of the molecule is C[C@@H]1CCC[C@H](C)N1C(=O)CSc1nnc(-c2ccc(Cl)cc2)o1. The van der Waals surface area contributed by atoms with Crippen LogP contribution in [0.15, 0.2) is 33.9 Å². The molecule has 0 aliphatic carbocycles. The van der Waals surface area contributed by atoms with Gasteiger partial charge in [-0.25, -0.2) is 0 Å². The van der Waals surface area contributed by atoms with Crippen molar-refractivity contribution in [1.29, 1.82) is 0 Å². The zero-order chi connectivity index (χ0) is 17.1. The van der Waals surface area contributed by atoms with Crippen molar-refractivity contribution in [3.05, 3.63) is 29.3 Å². The molecule has 1 aliphatic rings. The fourth-order valence-electron chi connectivity index (χ4n) is 3.09. The number of benzene rings is 1. The van der Waals surface area contributed by atoms with Crippen molar-refractivity contribution in [2.75, 3.05) is 5.75 Å². The molecular formula is C17H20ClN3O2S. The van der Waals surface area contributed by atoms with Gasteiger partial charge in [0.1, 0.15) is 0 Å². The molecule has 2 heterocycles. The van der Waals surface area contributed by atoms with Crippen LogP contribution in [-0.4, -0.2) is 38.8 Å². The number of aromatic nitrogens is 2. The zero-order valence-electron chi connectivity index (χ0n) is 13.7. The van der Waals surface area contributed by atoms with E-state index in [0.29, 0.717) is 34.0 Å². The lowest BCUT2D eigenvalue weighted by Gasteiger charge is -2.39. The number of halogens is 1. The van der Waals surface area contributed by atoms with Crippen LogP contribution in [0.5, 0.6) is 0 Å². The van der Waals surface area contributed by atoms with Crippen LogP contribution >= 0.6 is 23.4 Å². The summed E-state index contributed by atoms with van der Waals surface area (Å²) in [5, 5.41) is 9.11. The Bertz CT molecular complexity index is 694. The molecular weight excluding hydrogens is 346 g/mol. The zero-order valence-corrected chi connectivity index (χ0v) is 15.3. The second-order valence-electron chi connectivity index (χ2n) is 6.10. The van der Waals surface area contributed by atoms with E-state index in [2.05, 4.69) is 24.0 Å². The molecule has 3 rings (SSSR count). The second-order valence-corrected chi connectivity index (χ2v) is 7.46. The van der Waals surface area contributed by atoms with Crippen LogP contribution in [0.3, 0.4) is 0 Å². The summed E-state index contributed by atoms with van der Waals surface area (Å²) >= 11 is 7.16. The number of nitrogens with zero attached hydrogens (tertiary/aromatic N) is 3. The number of amides is 1. The van der Waals surface area contributed by atoms with Crippen LogP contribution in [0.1, 0.15) is 33.1 Å². The maximum Gasteiger partial charge on any atom is 0.277 e. The van der Waals surface area contributed by atoms with E-state index in [1.807, 2.05) is 17.0 Å². The van der Waals surface area contributed by atoms with Crippen molar-refractivity contribution >= 4 is 29.3 Å². The van der Waals surface area contributed by atoms with E-state index in [1.54, 1.807) is 12.1 Å². The van der Waals surface area contributed by atoms with E-state index >= 15 is 0 Å². The van der Waals surface area contributed by atoms with E-state index < -0.39 is 0 Å². The average Bonchev–Trinajstić information content (AvgIpc) is 3.02. The maximum absolute atomic E-state index is 12.5. The Labute approximate surface area is 150 Å². The predicted molar refractivity (Wildman–Crippen MR) is 95.1 cm³/mol. The van der Waals surface area contributed by atoms with Crippen LogP contribution < -0.4 is 0 Å². The van der Waals surface area contributed by atoms with Crippen molar-refractivity contribution in [3.8, 4) is 11.5 Å². The number of carbonyl (C=O) groups is 1. The normalized spacial score (nSPS) is 21.0. The van der Waals surface area contributed by atoms with E-state index in [9.17, 15) is 4.79 Å². The van der Waals surface area contributed by atoms with Gasteiger partial charge >= 0.3 is 0 Å². The van der Waals surface area contributed by atoms with Gasteiger partial charge in [0.15, 0.2) is 0 Å². The van der Waals surface area contributed by atoms with E-state index in [0.717, 1.165) is 18.4 Å². The Kier molecular flexibility index (Phi) is 5.46. The Morgan fingerprint density at radius 2 is 1.92 bits per heavy atom. The standard InChI is InChI=1S/C17H20ClN3O2S/c1-11-4-3-5-12(2)21(11)15(22)10-24-17-20-19-16(23-17)13-6-8-14(18)9-7-13/h6-9,11-12H,3-5,10H2,1-2H3/t11-,12+. The molecule has 0 unspecified atom stereocenters. The number of likely N-dealkylation sites (tertiary alicyclic amines) is 1. The van der Waals surface area contributed by atoms with E-state index in [-0.39, 0.29) is 5.91 Å². The molecule has 2 atom stereocenters. The number of piperidine rings is 1. The van der Waals surface area contributed by atoms with E-state index in [1.165, 1.54) is 18.2 Å². The summed E-state index contributed by atoms with van der Waals surface area (Å²) in [7, 11) is 0. The molecule has 1 aromatic carbocycles. The number of hydrogen-bond acceptors (Lipinski definition) is 5. The monoisotopic (exact) mass is 365 g/mol. The summed E-state index contributed by atoms with van der Waals surface area (Å²) in [5.74, 6) is 0.879. The first-order valence-corrected chi connectivity index (χ1v) is 9.44. The summed E-state index contributed by atoms with van der Waals surface area (Å²) in [4.78, 5) is 14.5. The fourth-order valence-corrected chi connectivity index (χ4v) is 3.85. The van der Waals surface area contributed by atoms with E-state index in [4.69, 9.17) is 16.0 Å². The Balaban J connectivity index is 1.61. The largest absolute Gasteiger partial charge is 0.411 e. The molecule has 1 saturated heterocycles. The lowest BCUT2D eigenvalue weighted by Crippen LogP contribution is -2.48. The number of thioether (sulfide) groups is 1. The maximum atomic E-state index is 12.5. The molecule has 1 aromatic heterocycles. The van der Waals surface area contributed by atoms with Gasteiger partial charge in [0.25, 0.3) is 5.22 Å². The molecule has 1 amide bonds. The van der Waals surface area contributed by atoms with Gasteiger partial charge in [-0.3, -0.25) is 4.79 Å². The van der Waals surface area contributed by atoms with Gasteiger partial charge in [-0.05, 0) is 57.4 Å². The van der Waals surface area contributed by atoms with Gasteiger partial charge < -0.3 is 9.32 Å². The second kappa shape index (κ2) is 7.57. The van der Waals surface area contributed by atoms with Gasteiger partial charge in [-0.2, -0.15) is 0 Å². The molecule has 24 heavy (non-hydrogen) atoms. The third kappa shape index (κ3) is 3.92. The summed E-state index contributed by atoms with van der Waals surface area (Å²) in [5.41, 5.74) is 0.809. The lowest BCUT2D eigenvalue weighted by atomic mass is 9.98. The minimum Gasteiger partial charge on any atom is -0.411 e. The summed E-state index contributed by atoms with van der Waals surface area (Å²) in [6.45, 7) is 4.23. The Morgan fingerprint density at radius 1 is 1.25 bits per heavy atom. The van der Waals surface area contributed by atoms with Crippen LogP contribution in [0.2, 0.25) is 5.02 Å². The number of carbonyl (C=O) groups excluding carboxylic acids is 1. The van der Waals surface area contributed by atoms with Gasteiger partial charge in [0.05, 0.1) is 5.75 Å². The molecule has 0 N–H and O–H groups in total. The van der Waals surface area contributed by atoms with Crippen LogP contribution in [-0.2, 0) is 4.79 Å². The minimum atomic E-state index is 0.131. The van der Waals surface area contributed by atoms with Crippen molar-refractivity contribution in [2.45, 2.75) is 50.4 Å². The van der Waals surface area contributed by atoms with Crippen molar-refractivity contribution in [1.82, 2.24) is 15.1 Å². The summed E-state index contributed by atoms with van der Waals surface area (Å²) < 4.78 is 5.63. The third-order valence-electron chi connectivity index (χ3n) is 4.30. The predicted octanol–water partition coefficient (Wildman–Crippen LogP) is 4.27. The molecule has 7 heteroatoms. The highest BCUT2D eigenvalue weighted by Crippen LogP contribution is 2.27. The van der Waals surface area contributed by atoms with Gasteiger partial charge in [-0.1, -0.05) is 23.4 Å². The topological polar surface area (TPSA) is 59.2 Å². The molecule has 1 fully saturated rings. The fraction of sp³-hybridized carbons (Fsp3) is 0.471. The Hall–Kier alpha value is -1.53. The van der Waals surface area contributed by atoms with Gasteiger partial charge in [-0.15, -0.1) is 10.2 Å². The smallest absolute Gasteiger partial charge is 0.277 e. The first-order valence-electron chi connectivity index (χ1n) is 8.08. The van der Waals surface area contributed by atoms with Crippen molar-refractivity contribution in [2.24, 2.45) is 0 Å². The minimum absolute atomic E-state index is 0.131. The molecule has 0 saturated carbocycles. The summed E-state index contributed by atoms with van der Waals surface area (Å²) in [6, 6.07) is 7.80. The highest BCUT2D eigenvalue weighted by molar-refractivity contribution is 7.99. The molecule has 5 nitrogen and oxygen atoms in total. The first-order chi connectivity index (χ1) is 11.5. The van der Waals surface area contributed by atoms with Gasteiger partial charge in [0.2, 0.25) is 11.8 Å². The number of hydrogen-bond donors (Lipinski definition) is 0. The van der Waals surface area contributed by atoms with Crippen LogP contribution in [0, 0.1) is 0 Å². The van der Waals surface area contributed by atoms with Gasteiger partial charge in [0, 0.05) is 22.7 Å². The lowest BCUT2D eigenvalue weighted by molar-refractivity contribution is -0.134. The quantitative estimate of drug-likeness (QED) is 0.757. The molecule has 0 spiro atoms. The highest BCUT2D eigenvalue weighted by atomic mass is 35.5. The van der Waals surface area contributed by atoms with Crippen molar-refractivity contribution in [3.63, 3.8) is 0 Å². The number of rotatable bonds is 4. The molecule has 0 bridgehead atoms. The third-order valence-corrected chi connectivity index (χ3v) is 5.35. The molecule has 0 radical (unpaired) electrons. The highest BCUT2D eigenvalue weighted by Gasteiger charge is 2.29. The summed E-state index contributed by atoms with van der Waals surface area (Å²) in [6.07, 6.45) is 3.33. The van der Waals surface area contributed by atoms with Crippen LogP contribution in [0.4, 0.5) is 0 Å². The molecule has 1 aliphatic heterocycles. The molecule has 2 aromatic rings. The van der Waals surface area contributed by atoms with Crippen LogP contribution in [0.25, 0.3) is 11.5 Å².